The first kappa shape index (κ1) is 15.5. The van der Waals surface area contributed by atoms with Gasteiger partial charge in [0.25, 0.3) is 0 Å². The van der Waals surface area contributed by atoms with Crippen molar-refractivity contribution in [3.8, 4) is 0 Å². The van der Waals surface area contributed by atoms with E-state index in [1.54, 1.807) is 0 Å². The highest BCUT2D eigenvalue weighted by atomic mass is 16.2. The summed E-state index contributed by atoms with van der Waals surface area (Å²) in [6, 6.07) is 6.06. The van der Waals surface area contributed by atoms with E-state index in [4.69, 9.17) is 4.98 Å². The van der Waals surface area contributed by atoms with Gasteiger partial charge in [0, 0.05) is 22.7 Å². The van der Waals surface area contributed by atoms with Crippen LogP contribution in [-0.4, -0.2) is 29.0 Å². The molecule has 5 heteroatoms. The Bertz CT molecular complexity index is 814. The maximum absolute atomic E-state index is 12.7. The second kappa shape index (κ2) is 5.24. The summed E-state index contributed by atoms with van der Waals surface area (Å²) in [4.78, 5) is 22.1. The fourth-order valence-electron chi connectivity index (χ4n) is 4.09. The van der Waals surface area contributed by atoms with Crippen LogP contribution < -0.4 is 10.6 Å². The average molecular weight is 324 g/mol. The van der Waals surface area contributed by atoms with E-state index in [0.717, 1.165) is 41.1 Å². The topological polar surface area (TPSA) is 66.9 Å². The van der Waals surface area contributed by atoms with Crippen molar-refractivity contribution in [3.05, 3.63) is 35.3 Å². The largest absolute Gasteiger partial charge is 0.345 e. The number of carbonyl (C=O) groups excluding carboxylic acids is 1. The highest BCUT2D eigenvalue weighted by Crippen LogP contribution is 2.49. The van der Waals surface area contributed by atoms with Crippen molar-refractivity contribution in [2.75, 3.05) is 13.1 Å². The number of pyridine rings is 2. The summed E-state index contributed by atoms with van der Waals surface area (Å²) in [5, 5.41) is 7.59. The Morgan fingerprint density at radius 3 is 2.58 bits per heavy atom. The van der Waals surface area contributed by atoms with Gasteiger partial charge in [-0.1, -0.05) is 0 Å². The van der Waals surface area contributed by atoms with Gasteiger partial charge in [0.05, 0.1) is 16.7 Å². The number of nitrogens with one attached hydrogen (secondary N) is 2. The minimum atomic E-state index is -0.525. The molecule has 1 aliphatic heterocycles. The molecule has 2 N–H and O–H groups in total. The van der Waals surface area contributed by atoms with Gasteiger partial charge in [-0.05, 0) is 70.8 Å². The molecule has 5 nitrogen and oxygen atoms in total. The summed E-state index contributed by atoms with van der Waals surface area (Å²) >= 11 is 0. The first-order valence-corrected chi connectivity index (χ1v) is 8.65. The number of hydrogen-bond donors (Lipinski definition) is 2. The second-order valence-electron chi connectivity index (χ2n) is 7.76. The normalized spacial score (nSPS) is 25.6. The summed E-state index contributed by atoms with van der Waals surface area (Å²) in [6.45, 7) is 9.96. The molecular formula is C19H24N4O. The summed E-state index contributed by atoms with van der Waals surface area (Å²) in [5.41, 5.74) is 3.21. The number of aromatic nitrogens is 2. The van der Waals surface area contributed by atoms with Crippen LogP contribution in [0.2, 0.25) is 0 Å². The summed E-state index contributed by atoms with van der Waals surface area (Å²) in [7, 11) is 0. The molecule has 1 amide bonds. The van der Waals surface area contributed by atoms with E-state index in [2.05, 4.69) is 21.7 Å². The Morgan fingerprint density at radius 1 is 1.17 bits per heavy atom. The minimum Gasteiger partial charge on any atom is -0.345 e. The Hall–Kier alpha value is -2.01. The van der Waals surface area contributed by atoms with Gasteiger partial charge in [0.1, 0.15) is 0 Å². The molecule has 1 aliphatic carbocycles. The van der Waals surface area contributed by atoms with Gasteiger partial charge in [-0.2, -0.15) is 0 Å². The fourth-order valence-corrected chi connectivity index (χ4v) is 4.09. The Labute approximate surface area is 142 Å². The lowest BCUT2D eigenvalue weighted by Crippen LogP contribution is -2.43. The predicted octanol–water partition coefficient (Wildman–Crippen LogP) is 2.06. The smallest absolute Gasteiger partial charge is 0.224 e. The molecular weight excluding hydrogens is 300 g/mol. The van der Waals surface area contributed by atoms with Gasteiger partial charge in [-0.15, -0.1) is 0 Å². The van der Waals surface area contributed by atoms with Gasteiger partial charge >= 0.3 is 0 Å². The molecule has 24 heavy (non-hydrogen) atoms. The number of carbonyl (C=O) groups is 1. The van der Waals surface area contributed by atoms with E-state index in [1.165, 1.54) is 0 Å². The minimum absolute atomic E-state index is 0.160. The summed E-state index contributed by atoms with van der Waals surface area (Å²) < 4.78 is 0. The zero-order valence-corrected chi connectivity index (χ0v) is 14.7. The van der Waals surface area contributed by atoms with Crippen LogP contribution in [0.3, 0.4) is 0 Å². The van der Waals surface area contributed by atoms with Crippen LogP contribution in [0.5, 0.6) is 0 Å². The summed E-state index contributed by atoms with van der Waals surface area (Å²) in [6.07, 6.45) is 0. The van der Waals surface area contributed by atoms with E-state index >= 15 is 0 Å². The average Bonchev–Trinajstić information content (AvgIpc) is 2.99. The van der Waals surface area contributed by atoms with Crippen LogP contribution in [-0.2, 0) is 10.3 Å². The van der Waals surface area contributed by atoms with Crippen molar-refractivity contribution in [1.82, 2.24) is 20.6 Å². The van der Waals surface area contributed by atoms with Crippen LogP contribution in [0.1, 0.15) is 30.9 Å². The van der Waals surface area contributed by atoms with Crippen LogP contribution in [0, 0.1) is 31.6 Å². The lowest BCUT2D eigenvalue weighted by molar-refractivity contribution is -0.124. The fraction of sp³-hybridized carbons (Fsp3) is 0.526. The first-order chi connectivity index (χ1) is 11.4. The van der Waals surface area contributed by atoms with Crippen LogP contribution in [0.25, 0.3) is 10.9 Å². The molecule has 0 radical (unpaired) electrons. The highest BCUT2D eigenvalue weighted by Gasteiger charge is 2.57. The number of aryl methyl sites for hydroxylation is 2. The van der Waals surface area contributed by atoms with E-state index in [1.807, 2.05) is 39.8 Å². The Morgan fingerprint density at radius 2 is 1.88 bits per heavy atom. The highest BCUT2D eigenvalue weighted by molar-refractivity contribution is 5.86. The van der Waals surface area contributed by atoms with Crippen molar-refractivity contribution in [3.63, 3.8) is 0 Å². The van der Waals surface area contributed by atoms with Crippen molar-refractivity contribution in [1.29, 1.82) is 0 Å². The number of rotatable bonds is 3. The van der Waals surface area contributed by atoms with Crippen molar-refractivity contribution >= 4 is 16.8 Å². The molecule has 2 aromatic heterocycles. The molecule has 1 unspecified atom stereocenters. The molecule has 3 heterocycles. The molecule has 126 valence electrons. The molecule has 2 aliphatic rings. The molecule has 2 fully saturated rings. The predicted molar refractivity (Wildman–Crippen MR) is 93.5 cm³/mol. The zero-order chi connectivity index (χ0) is 17.1. The molecule has 1 saturated heterocycles. The van der Waals surface area contributed by atoms with Crippen molar-refractivity contribution in [2.45, 2.75) is 33.2 Å². The van der Waals surface area contributed by atoms with E-state index < -0.39 is 5.54 Å². The molecule has 3 atom stereocenters. The van der Waals surface area contributed by atoms with Gasteiger partial charge < -0.3 is 10.6 Å². The molecule has 0 aromatic carbocycles. The number of nitrogens with zero attached hydrogens (tertiary/aromatic N) is 2. The van der Waals surface area contributed by atoms with Gasteiger partial charge in [-0.3, -0.25) is 14.8 Å². The monoisotopic (exact) mass is 324 g/mol. The standard InChI is InChI=1S/C19H24N4O/c1-10-5-6-12-15(21-10)7-11(2)22-17(12)19(3,4)23-18(24)16-13-8-20-9-14(13)16/h5-7,13-14,16,20H,8-9H2,1-4H3,(H,23,24)/t13-,14+,16?. The third kappa shape index (κ3) is 2.47. The Kier molecular flexibility index (Phi) is 3.39. The van der Waals surface area contributed by atoms with Crippen LogP contribution in [0.4, 0.5) is 0 Å². The first-order valence-electron chi connectivity index (χ1n) is 8.65. The lowest BCUT2D eigenvalue weighted by Gasteiger charge is -2.28. The number of amides is 1. The van der Waals surface area contributed by atoms with E-state index in [0.29, 0.717) is 11.8 Å². The van der Waals surface area contributed by atoms with Crippen LogP contribution >= 0.6 is 0 Å². The number of piperidine rings is 1. The van der Waals surface area contributed by atoms with Crippen LogP contribution in [0.15, 0.2) is 18.2 Å². The SMILES string of the molecule is Cc1cc2nc(C)ccc2c(C(C)(C)NC(=O)C2[C@H]3CNC[C@@H]23)n1. The van der Waals surface area contributed by atoms with Crippen molar-refractivity contribution in [2.24, 2.45) is 17.8 Å². The van der Waals surface area contributed by atoms with E-state index in [-0.39, 0.29) is 11.8 Å². The molecule has 0 bridgehead atoms. The zero-order valence-electron chi connectivity index (χ0n) is 14.7. The van der Waals surface area contributed by atoms with Gasteiger partial charge in [0.15, 0.2) is 0 Å². The number of hydrogen-bond acceptors (Lipinski definition) is 4. The second-order valence-corrected chi connectivity index (χ2v) is 7.76. The molecule has 0 spiro atoms. The van der Waals surface area contributed by atoms with Gasteiger partial charge in [0.2, 0.25) is 5.91 Å². The number of fused-ring (bicyclic) bond motifs is 2. The lowest BCUT2D eigenvalue weighted by atomic mass is 9.95. The van der Waals surface area contributed by atoms with E-state index in [9.17, 15) is 4.79 Å². The maximum Gasteiger partial charge on any atom is 0.224 e. The molecule has 4 rings (SSSR count). The third-order valence-electron chi connectivity index (χ3n) is 5.37. The third-order valence-corrected chi connectivity index (χ3v) is 5.37. The molecule has 1 saturated carbocycles. The van der Waals surface area contributed by atoms with Gasteiger partial charge in [-0.25, -0.2) is 0 Å². The summed E-state index contributed by atoms with van der Waals surface area (Å²) in [5.74, 6) is 1.37. The van der Waals surface area contributed by atoms with Crippen molar-refractivity contribution < 1.29 is 4.79 Å². The maximum atomic E-state index is 12.7. The quantitative estimate of drug-likeness (QED) is 0.907. The molecule has 2 aromatic rings. The Balaban J connectivity index is 1.66.